The van der Waals surface area contributed by atoms with Gasteiger partial charge in [0.2, 0.25) is 5.91 Å². The molecule has 1 aliphatic rings. The summed E-state index contributed by atoms with van der Waals surface area (Å²) >= 11 is 0. The largest absolute Gasteiger partial charge is 0.394 e. The lowest BCUT2D eigenvalue weighted by molar-refractivity contribution is -0.117. The van der Waals surface area contributed by atoms with Gasteiger partial charge in [-0.05, 0) is 25.6 Å². The van der Waals surface area contributed by atoms with Crippen LogP contribution in [0.1, 0.15) is 25.5 Å². The fourth-order valence-electron chi connectivity index (χ4n) is 2.25. The van der Waals surface area contributed by atoms with E-state index in [4.69, 9.17) is 0 Å². The molecule has 1 aromatic rings. The maximum Gasteiger partial charge on any atom is 0.246 e. The lowest BCUT2D eigenvalue weighted by Crippen LogP contribution is -2.31. The number of amides is 1. The van der Waals surface area contributed by atoms with Crippen LogP contribution in [0.15, 0.2) is 18.2 Å². The summed E-state index contributed by atoms with van der Waals surface area (Å²) in [4.78, 5) is 13.9. The van der Waals surface area contributed by atoms with Crippen LogP contribution in [0.2, 0.25) is 0 Å². The van der Waals surface area contributed by atoms with Crippen LogP contribution in [-0.4, -0.2) is 37.3 Å². The minimum Gasteiger partial charge on any atom is -0.394 e. The van der Waals surface area contributed by atoms with E-state index in [2.05, 4.69) is 10.6 Å². The van der Waals surface area contributed by atoms with Gasteiger partial charge in [-0.15, -0.1) is 0 Å². The molecule has 0 bridgehead atoms. The lowest BCUT2D eigenvalue weighted by atomic mass is 10.1. The number of nitrogens with one attached hydrogen (secondary N) is 2. The van der Waals surface area contributed by atoms with E-state index in [1.54, 1.807) is 0 Å². The van der Waals surface area contributed by atoms with Crippen molar-refractivity contribution < 1.29 is 9.90 Å². The second-order valence-electron chi connectivity index (χ2n) is 4.89. The number of rotatable bonds is 5. The molecule has 19 heavy (non-hydrogen) atoms. The van der Waals surface area contributed by atoms with Crippen LogP contribution in [0.25, 0.3) is 0 Å². The van der Waals surface area contributed by atoms with Gasteiger partial charge in [0.05, 0.1) is 6.61 Å². The molecule has 3 N–H and O–H groups in total. The number of aliphatic hydroxyl groups excluding tert-OH is 1. The van der Waals surface area contributed by atoms with Crippen molar-refractivity contribution in [3.8, 4) is 0 Å². The minimum atomic E-state index is -0.255. The van der Waals surface area contributed by atoms with Crippen LogP contribution < -0.4 is 15.5 Å². The van der Waals surface area contributed by atoms with Gasteiger partial charge in [-0.2, -0.15) is 0 Å². The quantitative estimate of drug-likeness (QED) is 0.744. The van der Waals surface area contributed by atoms with Gasteiger partial charge < -0.3 is 20.6 Å². The maximum absolute atomic E-state index is 11.9. The van der Waals surface area contributed by atoms with Gasteiger partial charge in [-0.25, -0.2) is 0 Å². The van der Waals surface area contributed by atoms with Crippen molar-refractivity contribution in [3.05, 3.63) is 23.8 Å². The van der Waals surface area contributed by atoms with Crippen LogP contribution in [0.3, 0.4) is 0 Å². The van der Waals surface area contributed by atoms with E-state index >= 15 is 0 Å². The van der Waals surface area contributed by atoms with E-state index < -0.39 is 0 Å². The van der Waals surface area contributed by atoms with Crippen molar-refractivity contribution in [2.24, 2.45) is 0 Å². The molecular formula is C14H21N3O2. The number of anilines is 2. The van der Waals surface area contributed by atoms with E-state index in [0.29, 0.717) is 0 Å². The third-order valence-electron chi connectivity index (χ3n) is 3.61. The van der Waals surface area contributed by atoms with Gasteiger partial charge in [-0.1, -0.05) is 13.0 Å². The normalized spacial score (nSPS) is 18.9. The summed E-state index contributed by atoms with van der Waals surface area (Å²) in [5, 5.41) is 15.3. The van der Waals surface area contributed by atoms with Gasteiger partial charge in [0, 0.05) is 30.0 Å². The maximum atomic E-state index is 11.9. The zero-order valence-corrected chi connectivity index (χ0v) is 11.6. The SMILES string of the molecule is CCNC1C(=O)Nc2cc(N(C)C(C)CO)ccc21. The van der Waals surface area contributed by atoms with Crippen LogP contribution in [-0.2, 0) is 4.79 Å². The summed E-state index contributed by atoms with van der Waals surface area (Å²) in [6.07, 6.45) is 0. The number of hydrogen-bond donors (Lipinski definition) is 3. The van der Waals surface area contributed by atoms with Gasteiger partial charge in [0.25, 0.3) is 0 Å². The van der Waals surface area contributed by atoms with Gasteiger partial charge >= 0.3 is 0 Å². The molecule has 5 heteroatoms. The predicted octanol–water partition coefficient (Wildman–Crippen LogP) is 1.11. The van der Waals surface area contributed by atoms with E-state index in [1.165, 1.54) is 0 Å². The van der Waals surface area contributed by atoms with E-state index in [-0.39, 0.29) is 24.6 Å². The summed E-state index contributed by atoms with van der Waals surface area (Å²) in [5.41, 5.74) is 2.82. The number of likely N-dealkylation sites (N-methyl/N-ethyl adjacent to an activating group) is 2. The molecule has 0 saturated heterocycles. The fraction of sp³-hybridized carbons (Fsp3) is 0.500. The van der Waals surface area contributed by atoms with Gasteiger partial charge in [-0.3, -0.25) is 4.79 Å². The Morgan fingerprint density at radius 2 is 2.26 bits per heavy atom. The average Bonchev–Trinajstić information content (AvgIpc) is 2.73. The summed E-state index contributed by atoms with van der Waals surface area (Å²) in [7, 11) is 1.93. The van der Waals surface area contributed by atoms with Crippen molar-refractivity contribution >= 4 is 17.3 Å². The highest BCUT2D eigenvalue weighted by molar-refractivity contribution is 6.03. The second kappa shape index (κ2) is 5.59. The Hall–Kier alpha value is -1.59. The highest BCUT2D eigenvalue weighted by atomic mass is 16.3. The molecule has 2 rings (SSSR count). The van der Waals surface area contributed by atoms with Crippen molar-refractivity contribution in [2.45, 2.75) is 25.9 Å². The van der Waals surface area contributed by atoms with Crippen LogP contribution >= 0.6 is 0 Å². The molecule has 2 unspecified atom stereocenters. The van der Waals surface area contributed by atoms with Crippen molar-refractivity contribution in [1.29, 1.82) is 0 Å². The first-order valence-electron chi connectivity index (χ1n) is 6.60. The molecule has 1 heterocycles. The van der Waals surface area contributed by atoms with E-state index in [0.717, 1.165) is 23.5 Å². The van der Waals surface area contributed by atoms with E-state index in [9.17, 15) is 9.90 Å². The van der Waals surface area contributed by atoms with Crippen molar-refractivity contribution in [3.63, 3.8) is 0 Å². The fourth-order valence-corrected chi connectivity index (χ4v) is 2.25. The number of carbonyl (C=O) groups is 1. The number of benzene rings is 1. The first-order valence-corrected chi connectivity index (χ1v) is 6.60. The molecule has 0 spiro atoms. The third kappa shape index (κ3) is 2.57. The lowest BCUT2D eigenvalue weighted by Gasteiger charge is -2.25. The molecule has 1 aliphatic heterocycles. The number of nitrogens with zero attached hydrogens (tertiary/aromatic N) is 1. The van der Waals surface area contributed by atoms with Crippen LogP contribution in [0.5, 0.6) is 0 Å². The molecule has 0 aliphatic carbocycles. The predicted molar refractivity (Wildman–Crippen MR) is 76.4 cm³/mol. The molecular weight excluding hydrogens is 242 g/mol. The Labute approximate surface area is 113 Å². The highest BCUT2D eigenvalue weighted by Gasteiger charge is 2.30. The van der Waals surface area contributed by atoms with Gasteiger partial charge in [0.1, 0.15) is 6.04 Å². The zero-order chi connectivity index (χ0) is 14.0. The highest BCUT2D eigenvalue weighted by Crippen LogP contribution is 2.34. The first-order chi connectivity index (χ1) is 9.08. The average molecular weight is 263 g/mol. The molecule has 5 nitrogen and oxygen atoms in total. The number of carbonyl (C=O) groups excluding carboxylic acids is 1. The second-order valence-corrected chi connectivity index (χ2v) is 4.89. The molecule has 0 saturated carbocycles. The molecule has 0 radical (unpaired) electrons. The Bertz CT molecular complexity index is 476. The third-order valence-corrected chi connectivity index (χ3v) is 3.61. The summed E-state index contributed by atoms with van der Waals surface area (Å²) in [6, 6.07) is 5.69. The standard InChI is InChI=1S/C14H21N3O2/c1-4-15-13-11-6-5-10(17(3)9(2)8-18)7-12(11)16-14(13)19/h5-7,9,13,15,18H,4,8H2,1-3H3,(H,16,19). The topological polar surface area (TPSA) is 64.6 Å². The molecule has 1 amide bonds. The van der Waals surface area contributed by atoms with Gasteiger partial charge in [0.15, 0.2) is 0 Å². The molecule has 0 fully saturated rings. The Morgan fingerprint density at radius 1 is 1.53 bits per heavy atom. The Morgan fingerprint density at radius 3 is 2.89 bits per heavy atom. The molecule has 0 aromatic heterocycles. The molecule has 2 atom stereocenters. The molecule has 1 aromatic carbocycles. The van der Waals surface area contributed by atoms with Crippen molar-refractivity contribution in [2.75, 3.05) is 30.4 Å². The summed E-state index contributed by atoms with van der Waals surface area (Å²) in [5.74, 6) is -0.00754. The monoisotopic (exact) mass is 263 g/mol. The zero-order valence-electron chi connectivity index (χ0n) is 11.6. The molecule has 104 valence electrons. The van der Waals surface area contributed by atoms with E-state index in [1.807, 2.05) is 44.0 Å². The number of aliphatic hydroxyl groups is 1. The van der Waals surface area contributed by atoms with Crippen LogP contribution in [0, 0.1) is 0 Å². The Kier molecular flexibility index (Phi) is 4.07. The number of hydrogen-bond acceptors (Lipinski definition) is 4. The number of fused-ring (bicyclic) bond motifs is 1. The minimum absolute atomic E-state index is 0.00754. The smallest absolute Gasteiger partial charge is 0.246 e. The summed E-state index contributed by atoms with van der Waals surface area (Å²) < 4.78 is 0. The Balaban J connectivity index is 2.27. The first kappa shape index (κ1) is 13.8. The summed E-state index contributed by atoms with van der Waals surface area (Å²) in [6.45, 7) is 4.78. The van der Waals surface area contributed by atoms with Crippen LogP contribution in [0.4, 0.5) is 11.4 Å². The van der Waals surface area contributed by atoms with Crippen molar-refractivity contribution in [1.82, 2.24) is 5.32 Å².